The first-order valence-corrected chi connectivity index (χ1v) is 6.71. The van der Waals surface area contributed by atoms with Crippen molar-refractivity contribution >= 4 is 56.5 Å². The molecule has 0 amide bonds. The molecule has 0 aliphatic rings. The Morgan fingerprint density at radius 3 is 2.28 bits per heavy atom. The Balaban J connectivity index is 2.31. The van der Waals surface area contributed by atoms with Gasteiger partial charge in [0.15, 0.2) is 5.82 Å². The quantitative estimate of drug-likeness (QED) is 0.826. The molecule has 2 aromatic rings. The predicted octanol–water partition coefficient (Wildman–Crippen LogP) is 4.94. The summed E-state index contributed by atoms with van der Waals surface area (Å²) in [5, 5.41) is 7.01. The molecule has 2 N–H and O–H groups in total. The Kier molecular flexibility index (Phi) is 4.32. The van der Waals surface area contributed by atoms with Gasteiger partial charge in [0.2, 0.25) is 0 Å². The minimum atomic E-state index is 0.474. The van der Waals surface area contributed by atoms with E-state index < -0.39 is 0 Å². The lowest BCUT2D eigenvalue weighted by Gasteiger charge is -2.10. The van der Waals surface area contributed by atoms with Gasteiger partial charge in [0, 0.05) is 17.2 Å². The van der Waals surface area contributed by atoms with Crippen molar-refractivity contribution in [3.05, 3.63) is 44.8 Å². The number of halogens is 3. The van der Waals surface area contributed by atoms with E-state index in [9.17, 15) is 0 Å². The summed E-state index contributed by atoms with van der Waals surface area (Å²) in [5.41, 5.74) is 0.900. The number of nitrogens with zero attached hydrogens (tertiary/aromatic N) is 1. The van der Waals surface area contributed by atoms with Gasteiger partial charge >= 0.3 is 0 Å². The Bertz CT molecular complexity index is 558. The van der Waals surface area contributed by atoms with E-state index in [2.05, 4.69) is 31.5 Å². The second kappa shape index (κ2) is 5.78. The molecule has 1 aromatic heterocycles. The van der Waals surface area contributed by atoms with Gasteiger partial charge in [-0.05, 0) is 30.3 Å². The molecule has 1 aromatic carbocycles. The molecule has 2 rings (SSSR count). The molecule has 6 heteroatoms. The molecule has 18 heavy (non-hydrogen) atoms. The molecule has 94 valence electrons. The monoisotopic (exact) mass is 345 g/mol. The zero-order chi connectivity index (χ0) is 13.1. The topological polar surface area (TPSA) is 37.0 Å². The van der Waals surface area contributed by atoms with Gasteiger partial charge in [-0.3, -0.25) is 0 Å². The van der Waals surface area contributed by atoms with Crippen LogP contribution in [0, 0.1) is 0 Å². The van der Waals surface area contributed by atoms with E-state index in [0.717, 1.165) is 10.2 Å². The molecule has 1 heterocycles. The van der Waals surface area contributed by atoms with Crippen LogP contribution in [0.4, 0.5) is 17.3 Å². The smallest absolute Gasteiger partial charge is 0.151 e. The maximum Gasteiger partial charge on any atom is 0.151 e. The summed E-state index contributed by atoms with van der Waals surface area (Å²) in [6.45, 7) is 0. The molecule has 0 bridgehead atoms. The highest BCUT2D eigenvalue weighted by molar-refractivity contribution is 9.10. The maximum atomic E-state index is 6.09. The van der Waals surface area contributed by atoms with E-state index in [1.807, 2.05) is 24.3 Å². The Morgan fingerprint density at radius 1 is 1.06 bits per heavy atom. The molecule has 0 spiro atoms. The van der Waals surface area contributed by atoms with Crippen LogP contribution in [0.2, 0.25) is 10.0 Å². The SMILES string of the molecule is CNc1nc(Nc2ccc(Br)cc2)c(Cl)cc1Cl. The molecule has 0 unspecified atom stereocenters. The van der Waals surface area contributed by atoms with Gasteiger partial charge in [0.05, 0.1) is 10.0 Å². The molecule has 0 saturated carbocycles. The van der Waals surface area contributed by atoms with Crippen molar-refractivity contribution in [1.29, 1.82) is 0 Å². The van der Waals surface area contributed by atoms with Crippen molar-refractivity contribution < 1.29 is 0 Å². The van der Waals surface area contributed by atoms with E-state index in [4.69, 9.17) is 23.2 Å². The standard InChI is InChI=1S/C12H10BrCl2N3/c1-16-11-9(14)6-10(15)12(18-11)17-8-4-2-7(13)3-5-8/h2-6H,1H3,(H2,16,17,18). The van der Waals surface area contributed by atoms with Crippen molar-refractivity contribution in [2.75, 3.05) is 17.7 Å². The highest BCUT2D eigenvalue weighted by Crippen LogP contribution is 2.30. The Labute approximate surface area is 124 Å². The lowest BCUT2D eigenvalue weighted by atomic mass is 10.3. The summed E-state index contributed by atoms with van der Waals surface area (Å²) < 4.78 is 1.01. The average Bonchev–Trinajstić information content (AvgIpc) is 2.35. The first kappa shape index (κ1) is 13.5. The van der Waals surface area contributed by atoms with Gasteiger partial charge in [-0.2, -0.15) is 0 Å². The molecule has 3 nitrogen and oxygen atoms in total. The van der Waals surface area contributed by atoms with Gasteiger partial charge < -0.3 is 10.6 Å². The normalized spacial score (nSPS) is 10.2. The van der Waals surface area contributed by atoms with Crippen LogP contribution >= 0.6 is 39.1 Å². The number of hydrogen-bond donors (Lipinski definition) is 2. The lowest BCUT2D eigenvalue weighted by molar-refractivity contribution is 1.27. The van der Waals surface area contributed by atoms with E-state index in [-0.39, 0.29) is 0 Å². The van der Waals surface area contributed by atoms with Gasteiger partial charge in [0.25, 0.3) is 0 Å². The van der Waals surface area contributed by atoms with Crippen LogP contribution in [0.1, 0.15) is 0 Å². The minimum absolute atomic E-state index is 0.474. The fourth-order valence-corrected chi connectivity index (χ4v) is 2.16. The Morgan fingerprint density at radius 2 is 1.67 bits per heavy atom. The molecular weight excluding hydrogens is 337 g/mol. The van der Waals surface area contributed by atoms with E-state index in [1.54, 1.807) is 13.1 Å². The van der Waals surface area contributed by atoms with Crippen LogP contribution in [-0.2, 0) is 0 Å². The second-order valence-electron chi connectivity index (χ2n) is 3.53. The predicted molar refractivity (Wildman–Crippen MR) is 81.2 cm³/mol. The number of aromatic nitrogens is 1. The van der Waals surface area contributed by atoms with Crippen LogP contribution in [0.3, 0.4) is 0 Å². The summed E-state index contributed by atoms with van der Waals surface area (Å²) in [7, 11) is 1.76. The lowest BCUT2D eigenvalue weighted by Crippen LogP contribution is -1.99. The number of pyridine rings is 1. The number of anilines is 3. The molecular formula is C12H10BrCl2N3. The number of nitrogens with one attached hydrogen (secondary N) is 2. The van der Waals surface area contributed by atoms with Crippen LogP contribution < -0.4 is 10.6 Å². The first-order valence-electron chi connectivity index (χ1n) is 5.16. The summed E-state index contributed by atoms with van der Waals surface area (Å²) in [5.74, 6) is 1.15. The summed E-state index contributed by atoms with van der Waals surface area (Å²) in [4.78, 5) is 4.31. The molecule has 0 aliphatic carbocycles. The second-order valence-corrected chi connectivity index (χ2v) is 5.26. The van der Waals surface area contributed by atoms with Gasteiger partial charge in [-0.1, -0.05) is 39.1 Å². The van der Waals surface area contributed by atoms with E-state index >= 15 is 0 Å². The third-order valence-electron chi connectivity index (χ3n) is 2.27. The third-order valence-corrected chi connectivity index (χ3v) is 3.38. The zero-order valence-electron chi connectivity index (χ0n) is 9.47. The molecule has 0 atom stereocenters. The van der Waals surface area contributed by atoms with Crippen molar-refractivity contribution in [2.24, 2.45) is 0 Å². The number of rotatable bonds is 3. The Hall–Kier alpha value is -0.970. The minimum Gasteiger partial charge on any atom is -0.372 e. The zero-order valence-corrected chi connectivity index (χ0v) is 12.6. The molecule has 0 saturated heterocycles. The van der Waals surface area contributed by atoms with Crippen molar-refractivity contribution in [3.8, 4) is 0 Å². The van der Waals surface area contributed by atoms with Crippen LogP contribution in [-0.4, -0.2) is 12.0 Å². The average molecular weight is 347 g/mol. The highest BCUT2D eigenvalue weighted by Gasteiger charge is 2.08. The van der Waals surface area contributed by atoms with Crippen molar-refractivity contribution in [1.82, 2.24) is 4.98 Å². The largest absolute Gasteiger partial charge is 0.372 e. The van der Waals surface area contributed by atoms with Gasteiger partial charge in [0.1, 0.15) is 5.82 Å². The van der Waals surface area contributed by atoms with Gasteiger partial charge in [-0.15, -0.1) is 0 Å². The summed E-state index contributed by atoms with van der Waals surface area (Å²) in [6, 6.07) is 9.38. The van der Waals surface area contributed by atoms with Crippen LogP contribution in [0.5, 0.6) is 0 Å². The highest BCUT2D eigenvalue weighted by atomic mass is 79.9. The van der Waals surface area contributed by atoms with Crippen molar-refractivity contribution in [3.63, 3.8) is 0 Å². The van der Waals surface area contributed by atoms with Gasteiger partial charge in [-0.25, -0.2) is 4.98 Å². The fraction of sp³-hybridized carbons (Fsp3) is 0.0833. The number of hydrogen-bond acceptors (Lipinski definition) is 3. The van der Waals surface area contributed by atoms with Crippen molar-refractivity contribution in [2.45, 2.75) is 0 Å². The first-order chi connectivity index (χ1) is 8.60. The van der Waals surface area contributed by atoms with E-state index in [1.165, 1.54) is 0 Å². The molecule has 0 fully saturated rings. The van der Waals surface area contributed by atoms with Crippen LogP contribution in [0.15, 0.2) is 34.8 Å². The van der Waals surface area contributed by atoms with E-state index in [0.29, 0.717) is 21.7 Å². The molecule has 0 radical (unpaired) electrons. The maximum absolute atomic E-state index is 6.09. The number of benzene rings is 1. The molecule has 0 aliphatic heterocycles. The van der Waals surface area contributed by atoms with Crippen LogP contribution in [0.25, 0.3) is 0 Å². The third kappa shape index (κ3) is 3.07. The summed E-state index contributed by atoms with van der Waals surface area (Å²) in [6.07, 6.45) is 0. The fourth-order valence-electron chi connectivity index (χ4n) is 1.40. The summed E-state index contributed by atoms with van der Waals surface area (Å²) >= 11 is 15.5.